The fourth-order valence-corrected chi connectivity index (χ4v) is 1.59. The van der Waals surface area contributed by atoms with Gasteiger partial charge in [0.05, 0.1) is 0 Å². The lowest BCUT2D eigenvalue weighted by Crippen LogP contribution is -1.86. The van der Waals surface area contributed by atoms with Crippen molar-refractivity contribution in [1.29, 1.82) is 0 Å². The minimum atomic E-state index is 0.800. The van der Waals surface area contributed by atoms with Crippen LogP contribution >= 0.6 is 45.2 Å². The molecule has 2 nitrogen and oxygen atoms in total. The van der Waals surface area contributed by atoms with Gasteiger partial charge in [0.25, 0.3) is 0 Å². The Hall–Kier alpha value is 0.540. The molecule has 0 aliphatic heterocycles. The molecule has 0 aliphatic rings. The van der Waals surface area contributed by atoms with Crippen molar-refractivity contribution < 1.29 is 0 Å². The van der Waals surface area contributed by atoms with Crippen LogP contribution in [0.15, 0.2) is 12.3 Å². The van der Waals surface area contributed by atoms with Crippen molar-refractivity contribution >= 4 is 45.2 Å². The summed E-state index contributed by atoms with van der Waals surface area (Å²) in [4.78, 5) is 7.95. The summed E-state index contributed by atoms with van der Waals surface area (Å²) in [6.45, 7) is 0. The van der Waals surface area contributed by atoms with Gasteiger partial charge >= 0.3 is 0 Å². The second-order valence-electron chi connectivity index (χ2n) is 1.15. The van der Waals surface area contributed by atoms with Crippen LogP contribution in [0.5, 0.6) is 0 Å². The molecule has 8 heavy (non-hydrogen) atoms. The van der Waals surface area contributed by atoms with E-state index in [9.17, 15) is 0 Å². The van der Waals surface area contributed by atoms with Gasteiger partial charge in [-0.05, 0) is 28.7 Å². The van der Waals surface area contributed by atoms with Gasteiger partial charge < -0.3 is 0 Å². The van der Waals surface area contributed by atoms with Crippen molar-refractivity contribution in [3.8, 4) is 0 Å². The van der Waals surface area contributed by atoms with E-state index in [4.69, 9.17) is 0 Å². The van der Waals surface area contributed by atoms with Crippen LogP contribution in [0, 0.1) is 7.53 Å². The Bertz CT molecular complexity index is 172. The van der Waals surface area contributed by atoms with Crippen molar-refractivity contribution in [1.82, 2.24) is 9.97 Å². The molecule has 0 saturated heterocycles. The predicted octanol–water partition coefficient (Wildman–Crippen LogP) is 1.69. The zero-order valence-electron chi connectivity index (χ0n) is 3.81. The SMILES string of the molecule is Ic1ccnc(I)n1. The maximum Gasteiger partial charge on any atom is 0.191 e. The third-order valence-corrected chi connectivity index (χ3v) is 1.71. The monoisotopic (exact) mass is 332 g/mol. The number of nitrogens with zero attached hydrogens (tertiary/aromatic N) is 2. The van der Waals surface area contributed by atoms with E-state index in [0.29, 0.717) is 0 Å². The molecule has 0 atom stereocenters. The molecule has 1 heterocycles. The van der Waals surface area contributed by atoms with E-state index in [0.717, 1.165) is 7.53 Å². The third kappa shape index (κ3) is 1.81. The van der Waals surface area contributed by atoms with Crippen LogP contribution in [0.1, 0.15) is 0 Å². The lowest BCUT2D eigenvalue weighted by Gasteiger charge is -1.86. The maximum atomic E-state index is 4.04. The van der Waals surface area contributed by atoms with Gasteiger partial charge in [-0.2, -0.15) is 0 Å². The normalized spacial score (nSPS) is 9.25. The van der Waals surface area contributed by atoms with Crippen LogP contribution in [-0.4, -0.2) is 9.97 Å². The van der Waals surface area contributed by atoms with Crippen LogP contribution in [0.3, 0.4) is 0 Å². The Morgan fingerprint density at radius 3 is 2.50 bits per heavy atom. The van der Waals surface area contributed by atoms with E-state index in [1.807, 2.05) is 6.07 Å². The summed E-state index contributed by atoms with van der Waals surface area (Å²) in [6, 6.07) is 1.86. The first-order chi connectivity index (χ1) is 3.79. The molecular formula is C4H2I2N2. The van der Waals surface area contributed by atoms with Gasteiger partial charge in [0.2, 0.25) is 0 Å². The van der Waals surface area contributed by atoms with Gasteiger partial charge in [0.1, 0.15) is 3.70 Å². The van der Waals surface area contributed by atoms with Gasteiger partial charge in [0, 0.05) is 28.8 Å². The summed E-state index contributed by atoms with van der Waals surface area (Å²) in [5, 5.41) is 0. The van der Waals surface area contributed by atoms with E-state index in [1.54, 1.807) is 6.20 Å². The van der Waals surface area contributed by atoms with Crippen LogP contribution < -0.4 is 0 Å². The lowest BCUT2D eigenvalue weighted by molar-refractivity contribution is 1.08. The van der Waals surface area contributed by atoms with E-state index >= 15 is 0 Å². The van der Waals surface area contributed by atoms with Gasteiger partial charge in [-0.3, -0.25) is 0 Å². The topological polar surface area (TPSA) is 25.8 Å². The Morgan fingerprint density at radius 1 is 1.38 bits per heavy atom. The highest BCUT2D eigenvalue weighted by atomic mass is 127. The van der Waals surface area contributed by atoms with E-state index in [2.05, 4.69) is 55.1 Å². The third-order valence-electron chi connectivity index (χ3n) is 0.592. The molecule has 1 aromatic rings. The number of halogens is 2. The number of hydrogen-bond donors (Lipinski definition) is 0. The molecule has 0 aliphatic carbocycles. The number of hydrogen-bond acceptors (Lipinski definition) is 2. The van der Waals surface area contributed by atoms with Gasteiger partial charge in [0.15, 0.2) is 3.83 Å². The average molecular weight is 332 g/mol. The molecule has 4 heteroatoms. The highest BCUT2D eigenvalue weighted by Gasteiger charge is 1.86. The first kappa shape index (κ1) is 6.66. The molecule has 0 unspecified atom stereocenters. The van der Waals surface area contributed by atoms with Crippen LogP contribution in [0.25, 0.3) is 0 Å². The maximum absolute atomic E-state index is 4.04. The Kier molecular flexibility index (Phi) is 2.42. The fourth-order valence-electron chi connectivity index (χ4n) is 0.315. The first-order valence-electron chi connectivity index (χ1n) is 1.93. The summed E-state index contributed by atoms with van der Waals surface area (Å²) < 4.78 is 1.79. The summed E-state index contributed by atoms with van der Waals surface area (Å²) in [5.41, 5.74) is 0. The van der Waals surface area contributed by atoms with Crippen LogP contribution in [0.2, 0.25) is 0 Å². The number of aromatic nitrogens is 2. The molecule has 42 valence electrons. The highest BCUT2D eigenvalue weighted by Crippen LogP contribution is 2.00. The molecule has 0 saturated carbocycles. The summed E-state index contributed by atoms with van der Waals surface area (Å²) >= 11 is 4.23. The molecule has 0 amide bonds. The fraction of sp³-hybridized carbons (Fsp3) is 0. The van der Waals surface area contributed by atoms with Crippen molar-refractivity contribution in [3.05, 3.63) is 19.8 Å². The molecule has 0 spiro atoms. The molecular weight excluding hydrogens is 330 g/mol. The minimum absolute atomic E-state index is 0.800. The summed E-state index contributed by atoms with van der Waals surface area (Å²) in [5.74, 6) is 0. The van der Waals surface area contributed by atoms with Crippen molar-refractivity contribution in [2.45, 2.75) is 0 Å². The van der Waals surface area contributed by atoms with E-state index in [-0.39, 0.29) is 0 Å². The average Bonchev–Trinajstić information content (AvgIpc) is 1.64. The van der Waals surface area contributed by atoms with E-state index in [1.165, 1.54) is 0 Å². The molecule has 0 aromatic carbocycles. The Balaban J connectivity index is 3.08. The van der Waals surface area contributed by atoms with Crippen molar-refractivity contribution in [3.63, 3.8) is 0 Å². The molecule has 0 radical (unpaired) electrons. The summed E-state index contributed by atoms with van der Waals surface area (Å²) in [7, 11) is 0. The summed E-state index contributed by atoms with van der Waals surface area (Å²) in [6.07, 6.45) is 1.75. The smallest absolute Gasteiger partial charge is 0.191 e. The van der Waals surface area contributed by atoms with E-state index < -0.39 is 0 Å². The molecule has 0 N–H and O–H groups in total. The second kappa shape index (κ2) is 2.90. The van der Waals surface area contributed by atoms with Crippen molar-refractivity contribution in [2.75, 3.05) is 0 Å². The zero-order valence-corrected chi connectivity index (χ0v) is 8.12. The second-order valence-corrected chi connectivity index (χ2v) is 3.22. The predicted molar refractivity (Wildman–Crippen MR) is 47.5 cm³/mol. The van der Waals surface area contributed by atoms with Gasteiger partial charge in [-0.1, -0.05) is 0 Å². The Morgan fingerprint density at radius 2 is 2.12 bits per heavy atom. The quantitative estimate of drug-likeness (QED) is 0.411. The minimum Gasteiger partial charge on any atom is -0.232 e. The van der Waals surface area contributed by atoms with Crippen LogP contribution in [-0.2, 0) is 0 Å². The molecule has 1 rings (SSSR count). The Labute approximate surface area is 74.4 Å². The van der Waals surface area contributed by atoms with Gasteiger partial charge in [-0.25, -0.2) is 9.97 Å². The largest absolute Gasteiger partial charge is 0.232 e. The molecule has 1 aromatic heterocycles. The standard InChI is InChI=1S/C4H2I2N2/c5-3-1-2-7-4(6)8-3/h1-2H. The number of rotatable bonds is 0. The highest BCUT2D eigenvalue weighted by molar-refractivity contribution is 14.1. The van der Waals surface area contributed by atoms with Gasteiger partial charge in [-0.15, -0.1) is 0 Å². The lowest BCUT2D eigenvalue weighted by atomic mass is 10.7. The van der Waals surface area contributed by atoms with Crippen LogP contribution in [0.4, 0.5) is 0 Å². The van der Waals surface area contributed by atoms with Crippen molar-refractivity contribution in [2.24, 2.45) is 0 Å². The molecule has 0 fully saturated rings. The zero-order chi connectivity index (χ0) is 5.98. The molecule has 0 bridgehead atoms. The first-order valence-corrected chi connectivity index (χ1v) is 4.09.